The normalized spacial score (nSPS) is 10.8. The standard InChI is InChI=1S/C12H11Cl2FO3/c13-9-6-8(2-3-11(16)17)12(10(14)7-9)18-5-1-4-15/h2-3,6-7H,1,4-5H2,(H,16,17)/b3-2+. The second kappa shape index (κ2) is 7.24. The summed E-state index contributed by atoms with van der Waals surface area (Å²) in [6, 6.07) is 3.00. The number of aliphatic carboxylic acids is 1. The second-order valence-corrected chi connectivity index (χ2v) is 4.21. The highest BCUT2D eigenvalue weighted by Crippen LogP contribution is 2.33. The largest absolute Gasteiger partial charge is 0.491 e. The van der Waals surface area contributed by atoms with Gasteiger partial charge >= 0.3 is 5.97 Å². The van der Waals surface area contributed by atoms with Gasteiger partial charge in [0.05, 0.1) is 18.3 Å². The Morgan fingerprint density at radius 2 is 2.17 bits per heavy atom. The molecule has 1 N–H and O–H groups in total. The molecular formula is C12H11Cl2FO3. The number of halogens is 3. The Bertz CT molecular complexity index is 461. The van der Waals surface area contributed by atoms with Gasteiger partial charge < -0.3 is 9.84 Å². The molecule has 0 radical (unpaired) electrons. The summed E-state index contributed by atoms with van der Waals surface area (Å²) in [5.74, 6) is -0.798. The van der Waals surface area contributed by atoms with E-state index in [0.29, 0.717) is 16.3 Å². The first-order chi connectivity index (χ1) is 8.54. The van der Waals surface area contributed by atoms with Crippen LogP contribution in [0.25, 0.3) is 6.08 Å². The van der Waals surface area contributed by atoms with Crippen molar-refractivity contribution in [2.24, 2.45) is 0 Å². The molecule has 1 aromatic rings. The molecule has 0 aliphatic rings. The van der Waals surface area contributed by atoms with Crippen LogP contribution in [0.15, 0.2) is 18.2 Å². The van der Waals surface area contributed by atoms with Crippen molar-refractivity contribution in [3.8, 4) is 5.75 Å². The lowest BCUT2D eigenvalue weighted by molar-refractivity contribution is -0.131. The van der Waals surface area contributed by atoms with Gasteiger partial charge in [0.2, 0.25) is 0 Å². The zero-order valence-corrected chi connectivity index (χ0v) is 10.8. The number of alkyl halides is 1. The average Bonchev–Trinajstić information content (AvgIpc) is 2.29. The van der Waals surface area contributed by atoms with E-state index in [-0.39, 0.29) is 18.1 Å². The van der Waals surface area contributed by atoms with Gasteiger partial charge in [-0.05, 0) is 18.2 Å². The molecular weight excluding hydrogens is 282 g/mol. The topological polar surface area (TPSA) is 46.5 Å². The Morgan fingerprint density at radius 3 is 2.78 bits per heavy atom. The fourth-order valence-corrected chi connectivity index (χ4v) is 1.81. The molecule has 0 aliphatic carbocycles. The number of carboxylic acids is 1. The Morgan fingerprint density at radius 1 is 1.44 bits per heavy atom. The van der Waals surface area contributed by atoms with Crippen LogP contribution in [0, 0.1) is 0 Å². The van der Waals surface area contributed by atoms with Crippen LogP contribution >= 0.6 is 23.2 Å². The smallest absolute Gasteiger partial charge is 0.328 e. The summed E-state index contributed by atoms with van der Waals surface area (Å²) in [6.07, 6.45) is 2.51. The van der Waals surface area contributed by atoms with Crippen molar-refractivity contribution in [2.45, 2.75) is 6.42 Å². The Balaban J connectivity index is 3.00. The minimum atomic E-state index is -1.10. The number of hydrogen-bond acceptors (Lipinski definition) is 2. The molecule has 0 fully saturated rings. The third kappa shape index (κ3) is 4.55. The van der Waals surface area contributed by atoms with Crippen LogP contribution in [0.1, 0.15) is 12.0 Å². The van der Waals surface area contributed by atoms with Gasteiger partial charge in [-0.25, -0.2) is 4.79 Å². The first-order valence-corrected chi connectivity index (χ1v) is 5.89. The fourth-order valence-electron chi connectivity index (χ4n) is 1.25. The van der Waals surface area contributed by atoms with Crippen LogP contribution in [-0.4, -0.2) is 24.4 Å². The van der Waals surface area contributed by atoms with Crippen molar-refractivity contribution in [3.05, 3.63) is 33.8 Å². The maximum atomic E-state index is 12.0. The Hall–Kier alpha value is -1.26. The van der Waals surface area contributed by atoms with Crippen LogP contribution in [0.4, 0.5) is 4.39 Å². The molecule has 0 saturated heterocycles. The molecule has 0 saturated carbocycles. The molecule has 0 aliphatic heterocycles. The van der Waals surface area contributed by atoms with Gasteiger partial charge in [0, 0.05) is 23.1 Å². The van der Waals surface area contributed by atoms with Gasteiger partial charge in [0.25, 0.3) is 0 Å². The Kier molecular flexibility index (Phi) is 5.95. The van der Waals surface area contributed by atoms with E-state index in [1.165, 1.54) is 18.2 Å². The van der Waals surface area contributed by atoms with Gasteiger partial charge in [0.1, 0.15) is 5.75 Å². The van der Waals surface area contributed by atoms with Crippen LogP contribution in [0.5, 0.6) is 5.75 Å². The summed E-state index contributed by atoms with van der Waals surface area (Å²) in [5, 5.41) is 9.19. The first kappa shape index (κ1) is 14.8. The summed E-state index contributed by atoms with van der Waals surface area (Å²) in [6.45, 7) is -0.336. The van der Waals surface area contributed by atoms with Crippen LogP contribution in [-0.2, 0) is 4.79 Å². The summed E-state index contributed by atoms with van der Waals surface area (Å²) in [7, 11) is 0. The van der Waals surface area contributed by atoms with E-state index < -0.39 is 12.6 Å². The minimum Gasteiger partial charge on any atom is -0.491 e. The number of carbonyl (C=O) groups is 1. The van der Waals surface area contributed by atoms with Gasteiger partial charge in [-0.1, -0.05) is 23.2 Å². The van der Waals surface area contributed by atoms with Crippen molar-refractivity contribution in [3.63, 3.8) is 0 Å². The lowest BCUT2D eigenvalue weighted by atomic mass is 10.2. The maximum Gasteiger partial charge on any atom is 0.328 e. The molecule has 18 heavy (non-hydrogen) atoms. The number of rotatable bonds is 6. The van der Waals surface area contributed by atoms with Crippen molar-refractivity contribution in [1.82, 2.24) is 0 Å². The fraction of sp³-hybridized carbons (Fsp3) is 0.250. The van der Waals surface area contributed by atoms with E-state index >= 15 is 0 Å². The summed E-state index contributed by atoms with van der Waals surface area (Å²) in [5.41, 5.74) is 0.439. The molecule has 0 bridgehead atoms. The molecule has 0 aromatic heterocycles. The van der Waals surface area contributed by atoms with E-state index in [1.807, 2.05) is 0 Å². The summed E-state index contributed by atoms with van der Waals surface area (Å²) in [4.78, 5) is 10.5. The average molecular weight is 293 g/mol. The lowest BCUT2D eigenvalue weighted by Crippen LogP contribution is -2.00. The zero-order valence-electron chi connectivity index (χ0n) is 9.33. The van der Waals surface area contributed by atoms with Crippen molar-refractivity contribution in [1.29, 1.82) is 0 Å². The molecule has 1 aromatic carbocycles. The van der Waals surface area contributed by atoms with E-state index in [0.717, 1.165) is 6.08 Å². The van der Waals surface area contributed by atoms with Crippen molar-refractivity contribution in [2.75, 3.05) is 13.3 Å². The molecule has 3 nitrogen and oxygen atoms in total. The third-order valence-electron chi connectivity index (χ3n) is 1.97. The molecule has 0 atom stereocenters. The van der Waals surface area contributed by atoms with Crippen molar-refractivity contribution < 1.29 is 19.0 Å². The molecule has 0 heterocycles. The number of hydrogen-bond donors (Lipinski definition) is 1. The number of benzene rings is 1. The summed E-state index contributed by atoms with van der Waals surface area (Å²) >= 11 is 11.8. The van der Waals surface area contributed by atoms with E-state index in [4.69, 9.17) is 33.0 Å². The zero-order chi connectivity index (χ0) is 13.5. The van der Waals surface area contributed by atoms with Crippen LogP contribution < -0.4 is 4.74 Å². The van der Waals surface area contributed by atoms with E-state index in [9.17, 15) is 9.18 Å². The predicted molar refractivity (Wildman–Crippen MR) is 69.2 cm³/mol. The quantitative estimate of drug-likeness (QED) is 0.640. The van der Waals surface area contributed by atoms with Gasteiger partial charge in [-0.2, -0.15) is 0 Å². The number of ether oxygens (including phenoxy) is 1. The first-order valence-electron chi connectivity index (χ1n) is 5.13. The molecule has 0 unspecified atom stereocenters. The lowest BCUT2D eigenvalue weighted by Gasteiger charge is -2.11. The van der Waals surface area contributed by atoms with Gasteiger partial charge in [-0.3, -0.25) is 4.39 Å². The molecule has 0 spiro atoms. The van der Waals surface area contributed by atoms with E-state index in [2.05, 4.69) is 0 Å². The molecule has 1 rings (SSSR count). The van der Waals surface area contributed by atoms with Crippen LogP contribution in [0.2, 0.25) is 10.0 Å². The second-order valence-electron chi connectivity index (χ2n) is 3.37. The minimum absolute atomic E-state index is 0.158. The third-order valence-corrected chi connectivity index (χ3v) is 2.47. The highest BCUT2D eigenvalue weighted by atomic mass is 35.5. The molecule has 98 valence electrons. The monoisotopic (exact) mass is 292 g/mol. The molecule has 6 heteroatoms. The highest BCUT2D eigenvalue weighted by molar-refractivity contribution is 6.35. The van der Waals surface area contributed by atoms with Crippen molar-refractivity contribution >= 4 is 35.2 Å². The van der Waals surface area contributed by atoms with E-state index in [1.54, 1.807) is 0 Å². The SMILES string of the molecule is O=C(O)/C=C/c1cc(Cl)cc(Cl)c1OCCCF. The maximum absolute atomic E-state index is 12.0. The number of carboxylic acid groups (broad SMARTS) is 1. The Labute approximate surface area is 114 Å². The predicted octanol–water partition coefficient (Wildman–Crippen LogP) is 3.83. The highest BCUT2D eigenvalue weighted by Gasteiger charge is 2.09. The van der Waals surface area contributed by atoms with Crippen LogP contribution in [0.3, 0.4) is 0 Å². The van der Waals surface area contributed by atoms with Gasteiger partial charge in [-0.15, -0.1) is 0 Å². The summed E-state index contributed by atoms with van der Waals surface area (Å²) < 4.78 is 17.3. The molecule has 0 amide bonds. The van der Waals surface area contributed by atoms with Gasteiger partial charge in [0.15, 0.2) is 0 Å².